The molecule has 328 valence electrons. The maximum Gasteiger partial charge on any atom is 0.187 e. The van der Waals surface area contributed by atoms with Crippen molar-refractivity contribution in [3.8, 4) is 0 Å². The molecule has 8 N–H and O–H groups in total. The highest BCUT2D eigenvalue weighted by molar-refractivity contribution is 5.35. The fourth-order valence-electron chi connectivity index (χ4n) is 13.7. The van der Waals surface area contributed by atoms with Crippen molar-refractivity contribution in [1.82, 2.24) is 0 Å². The van der Waals surface area contributed by atoms with Crippen LogP contribution in [0.25, 0.3) is 0 Å². The van der Waals surface area contributed by atoms with E-state index in [1.54, 1.807) is 6.92 Å². The molecule has 2 bridgehead atoms. The number of aliphatic hydroxyl groups is 8. The maximum absolute atomic E-state index is 12.3. The Morgan fingerprint density at radius 2 is 1.51 bits per heavy atom. The number of hydrogen-bond donors (Lipinski definition) is 8. The number of rotatable bonds is 10. The van der Waals surface area contributed by atoms with Gasteiger partial charge in [0, 0.05) is 16.2 Å². The molecule has 0 aromatic rings. The highest BCUT2D eigenvalue weighted by Gasteiger charge is 2.77. The van der Waals surface area contributed by atoms with Crippen molar-refractivity contribution in [1.29, 1.82) is 0 Å². The van der Waals surface area contributed by atoms with Crippen LogP contribution in [0.4, 0.5) is 0 Å². The summed E-state index contributed by atoms with van der Waals surface area (Å²) in [5, 5.41) is 87.2. The summed E-state index contributed by atoms with van der Waals surface area (Å²) in [6.45, 7) is 19.8. The van der Waals surface area contributed by atoms with Gasteiger partial charge in [-0.05, 0) is 85.9 Å². The molecule has 0 aromatic carbocycles. The molecule has 7 rings (SSSR count). The van der Waals surface area contributed by atoms with Crippen LogP contribution in [-0.4, -0.2) is 140 Å². The third-order valence-corrected chi connectivity index (χ3v) is 18.4. The van der Waals surface area contributed by atoms with Crippen LogP contribution in [-0.2, 0) is 23.7 Å². The van der Waals surface area contributed by atoms with E-state index in [0.29, 0.717) is 19.4 Å². The van der Waals surface area contributed by atoms with E-state index in [1.165, 1.54) is 0 Å². The summed E-state index contributed by atoms with van der Waals surface area (Å²) in [5.41, 5.74) is -2.08. The molecule has 21 atom stereocenters. The number of aliphatic hydroxyl groups excluding tert-OH is 8. The first-order chi connectivity index (χ1) is 26.6. The van der Waals surface area contributed by atoms with Crippen molar-refractivity contribution in [2.45, 2.75) is 193 Å². The number of allylic oxidation sites excluding steroid dienone is 1. The van der Waals surface area contributed by atoms with Gasteiger partial charge in [0.25, 0.3) is 0 Å². The van der Waals surface area contributed by atoms with Crippen LogP contribution in [0.1, 0.15) is 114 Å². The van der Waals surface area contributed by atoms with Gasteiger partial charge in [-0.1, -0.05) is 74.0 Å². The molecule has 0 aromatic heterocycles. The topological polar surface area (TPSA) is 208 Å². The minimum atomic E-state index is -1.72. The minimum absolute atomic E-state index is 0.0323. The van der Waals surface area contributed by atoms with Crippen LogP contribution >= 0.6 is 0 Å². The van der Waals surface area contributed by atoms with Crippen LogP contribution in [0.3, 0.4) is 0 Å². The van der Waals surface area contributed by atoms with Gasteiger partial charge in [-0.15, -0.1) is 0 Å². The molecule has 3 saturated carbocycles. The smallest absolute Gasteiger partial charge is 0.187 e. The molecule has 7 aliphatic rings. The van der Waals surface area contributed by atoms with E-state index in [4.69, 9.17) is 23.7 Å². The molecule has 13 heteroatoms. The second kappa shape index (κ2) is 14.9. The summed E-state index contributed by atoms with van der Waals surface area (Å²) in [7, 11) is 0. The molecule has 57 heavy (non-hydrogen) atoms. The molecule has 0 amide bonds. The Labute approximate surface area is 339 Å². The average Bonchev–Trinajstić information content (AvgIpc) is 3.41. The van der Waals surface area contributed by atoms with Gasteiger partial charge in [-0.25, -0.2) is 0 Å². The van der Waals surface area contributed by atoms with Crippen molar-refractivity contribution in [2.75, 3.05) is 19.8 Å². The second-order valence-corrected chi connectivity index (χ2v) is 21.3. The van der Waals surface area contributed by atoms with Crippen molar-refractivity contribution in [3.05, 3.63) is 12.2 Å². The van der Waals surface area contributed by atoms with Gasteiger partial charge in [0.05, 0.1) is 43.7 Å². The summed E-state index contributed by atoms with van der Waals surface area (Å²) in [6.07, 6.45) is -3.65. The normalized spacial score (nSPS) is 56.2. The Kier molecular flexibility index (Phi) is 11.6. The Bertz CT molecular complexity index is 1490. The summed E-state index contributed by atoms with van der Waals surface area (Å²) < 4.78 is 31.2. The zero-order chi connectivity index (χ0) is 41.9. The second-order valence-electron chi connectivity index (χ2n) is 21.3. The largest absolute Gasteiger partial charge is 0.396 e. The fourth-order valence-corrected chi connectivity index (χ4v) is 13.7. The lowest BCUT2D eigenvalue weighted by atomic mass is 9.33. The van der Waals surface area contributed by atoms with Crippen LogP contribution < -0.4 is 0 Å². The first-order valence-corrected chi connectivity index (χ1v) is 21.8. The number of hydrogen-bond acceptors (Lipinski definition) is 13. The quantitative estimate of drug-likeness (QED) is 0.118. The van der Waals surface area contributed by atoms with Crippen molar-refractivity contribution in [2.24, 2.45) is 50.2 Å². The van der Waals surface area contributed by atoms with Crippen LogP contribution in [0.2, 0.25) is 0 Å². The van der Waals surface area contributed by atoms with Crippen LogP contribution in [0.5, 0.6) is 0 Å². The molecular formula is C44H74O13. The molecule has 13 nitrogen and oxygen atoms in total. The Balaban J connectivity index is 1.12. The lowest BCUT2D eigenvalue weighted by Gasteiger charge is -2.72. The van der Waals surface area contributed by atoms with E-state index in [0.717, 1.165) is 38.5 Å². The maximum atomic E-state index is 12.3. The summed E-state index contributed by atoms with van der Waals surface area (Å²) in [5.74, 6) is 0.323. The predicted octanol–water partition coefficient (Wildman–Crippen LogP) is 2.80. The van der Waals surface area contributed by atoms with Gasteiger partial charge >= 0.3 is 0 Å². The van der Waals surface area contributed by atoms with E-state index >= 15 is 0 Å². The molecule has 6 fully saturated rings. The zero-order valence-electron chi connectivity index (χ0n) is 35.7. The zero-order valence-corrected chi connectivity index (χ0v) is 35.7. The standard InChI is InChI=1S/C44H74O13/c1-10-38(4,5)17-18-43-22-53-44(24(43)3)16-12-27-39(6)14-13-29(40(7,21-46)26(39)11-15-41(27,8)42(44,9)19-28(43)47)56-37-34(52)35(30(48)23(2)54-37)57-36-33(51)32(50)31(49)25(20-45)55-36/h12,16,23-37,45-52H,10-11,13-15,17-22H2,1-9H3/t23-,24-,25-,26-,27-,28-,29+,30+,31-,32+,33-,34-,35+,36+,37+,39+,40+,41-,42+,43-,44+/m1/s1. The van der Waals surface area contributed by atoms with Crippen molar-refractivity contribution >= 4 is 0 Å². The first kappa shape index (κ1) is 44.3. The van der Waals surface area contributed by atoms with Gasteiger partial charge in [0.2, 0.25) is 0 Å². The lowest BCUT2D eigenvalue weighted by molar-refractivity contribution is -0.367. The molecule has 3 heterocycles. The van der Waals surface area contributed by atoms with E-state index in [-0.39, 0.29) is 51.4 Å². The van der Waals surface area contributed by atoms with Gasteiger partial charge in [-0.2, -0.15) is 0 Å². The lowest BCUT2D eigenvalue weighted by Crippen LogP contribution is -2.71. The molecule has 3 aliphatic heterocycles. The summed E-state index contributed by atoms with van der Waals surface area (Å²) in [4.78, 5) is 0. The Hall–Kier alpha value is -0.780. The third-order valence-electron chi connectivity index (χ3n) is 18.4. The SMILES string of the molecule is CCC(C)(C)CC[C@]12CO[C@@]3(C=C[C@@H]4[C@@]5(C)CC[C@H](O[C@@H]6O[C@H](C)[C@H](O)[C@H](O[C@@H]7O[C@H](CO)[C@@H](O)[C@H](O)[C@H]7O)[C@H]6O)[C@@](C)(CO)[C@@H]5CC[C@@]4(C)[C@]3(C)C[C@H]1O)[C@@H]2C. The van der Waals surface area contributed by atoms with Gasteiger partial charge in [0.1, 0.15) is 42.7 Å². The van der Waals surface area contributed by atoms with Gasteiger partial charge < -0.3 is 64.5 Å². The summed E-state index contributed by atoms with van der Waals surface area (Å²) >= 11 is 0. The molecule has 0 unspecified atom stereocenters. The Morgan fingerprint density at radius 3 is 2.16 bits per heavy atom. The average molecular weight is 811 g/mol. The first-order valence-electron chi connectivity index (χ1n) is 21.8. The van der Waals surface area contributed by atoms with Gasteiger partial charge in [0.15, 0.2) is 12.6 Å². The number of ether oxygens (including phenoxy) is 5. The molecular weight excluding hydrogens is 736 g/mol. The molecule has 3 saturated heterocycles. The molecule has 4 aliphatic carbocycles. The Morgan fingerprint density at radius 1 is 0.825 bits per heavy atom. The van der Waals surface area contributed by atoms with E-state index in [1.807, 2.05) is 0 Å². The minimum Gasteiger partial charge on any atom is -0.396 e. The summed E-state index contributed by atoms with van der Waals surface area (Å²) in [6, 6.07) is 0. The molecule has 1 spiro atoms. The monoisotopic (exact) mass is 811 g/mol. The highest BCUT2D eigenvalue weighted by Crippen LogP contribution is 2.77. The van der Waals surface area contributed by atoms with E-state index in [2.05, 4.69) is 67.5 Å². The number of fused-ring (bicyclic) bond motifs is 5. The van der Waals surface area contributed by atoms with Crippen LogP contribution in [0.15, 0.2) is 12.2 Å². The van der Waals surface area contributed by atoms with Crippen molar-refractivity contribution < 1.29 is 64.5 Å². The van der Waals surface area contributed by atoms with Crippen molar-refractivity contribution in [3.63, 3.8) is 0 Å². The van der Waals surface area contributed by atoms with E-state index < -0.39 is 91.2 Å². The molecule has 0 radical (unpaired) electrons. The third kappa shape index (κ3) is 6.25. The van der Waals surface area contributed by atoms with Gasteiger partial charge in [-0.3, -0.25) is 0 Å². The van der Waals surface area contributed by atoms with E-state index in [9.17, 15) is 40.9 Å². The predicted molar refractivity (Wildman–Crippen MR) is 208 cm³/mol. The van der Waals surface area contributed by atoms with Crippen LogP contribution in [0, 0.1) is 50.2 Å². The highest BCUT2D eigenvalue weighted by atomic mass is 16.7. The fraction of sp³-hybridized carbons (Fsp3) is 0.955.